The van der Waals surface area contributed by atoms with Crippen molar-refractivity contribution in [2.45, 2.75) is 13.8 Å². The molecule has 0 N–H and O–H groups in total. The highest BCUT2D eigenvalue weighted by atomic mass is 19.1. The first-order valence-electron chi connectivity index (χ1n) is 8.20. The molecular formula is C17H23F2N3O2. The standard InChI is InChI=1S/C17H23F2N3O2/c1-3-21(4-2)16(23)12-20-5-7-22(8-6-20)17(24)13-9-14(18)11-15(19)10-13/h9-11H,3-8,12H2,1-2H3. The highest BCUT2D eigenvalue weighted by molar-refractivity contribution is 5.94. The van der Waals surface area contributed by atoms with Crippen molar-refractivity contribution < 1.29 is 18.4 Å². The minimum Gasteiger partial charge on any atom is -0.342 e. The van der Waals surface area contributed by atoms with Gasteiger partial charge in [-0.15, -0.1) is 0 Å². The van der Waals surface area contributed by atoms with Gasteiger partial charge in [-0.2, -0.15) is 0 Å². The van der Waals surface area contributed by atoms with E-state index in [1.54, 1.807) is 9.80 Å². The third kappa shape index (κ3) is 4.50. The van der Waals surface area contributed by atoms with Crippen LogP contribution in [0.3, 0.4) is 0 Å². The molecule has 1 heterocycles. The molecule has 0 atom stereocenters. The molecule has 0 aliphatic carbocycles. The Kier molecular flexibility index (Phi) is 6.25. The Bertz CT molecular complexity index is 577. The van der Waals surface area contributed by atoms with E-state index in [0.717, 1.165) is 18.2 Å². The predicted molar refractivity (Wildman–Crippen MR) is 86.6 cm³/mol. The molecule has 0 saturated carbocycles. The largest absolute Gasteiger partial charge is 0.342 e. The van der Waals surface area contributed by atoms with Crippen molar-refractivity contribution in [2.24, 2.45) is 0 Å². The summed E-state index contributed by atoms with van der Waals surface area (Å²) in [4.78, 5) is 29.8. The molecule has 1 aromatic carbocycles. The fourth-order valence-corrected chi connectivity index (χ4v) is 2.84. The number of hydrogen-bond donors (Lipinski definition) is 0. The first kappa shape index (κ1) is 18.3. The summed E-state index contributed by atoms with van der Waals surface area (Å²) in [6.45, 7) is 7.57. The number of carbonyl (C=O) groups excluding carboxylic acids is 2. The van der Waals surface area contributed by atoms with Gasteiger partial charge in [-0.1, -0.05) is 0 Å². The number of halogens is 2. The number of rotatable bonds is 5. The summed E-state index contributed by atoms with van der Waals surface area (Å²) in [6, 6.07) is 2.83. The molecule has 2 amide bonds. The number of hydrogen-bond acceptors (Lipinski definition) is 3. The summed E-state index contributed by atoms with van der Waals surface area (Å²) in [5.41, 5.74) is 0.0140. The van der Waals surface area contributed by atoms with Crippen molar-refractivity contribution in [3.8, 4) is 0 Å². The molecular weight excluding hydrogens is 316 g/mol. The lowest BCUT2D eigenvalue weighted by molar-refractivity contribution is -0.132. The molecule has 0 unspecified atom stereocenters. The fourth-order valence-electron chi connectivity index (χ4n) is 2.84. The van der Waals surface area contributed by atoms with Crippen molar-refractivity contribution >= 4 is 11.8 Å². The lowest BCUT2D eigenvalue weighted by Crippen LogP contribution is -2.51. The van der Waals surface area contributed by atoms with Gasteiger partial charge in [0.25, 0.3) is 5.91 Å². The summed E-state index contributed by atoms with van der Waals surface area (Å²) in [5.74, 6) is -1.83. The second-order valence-electron chi connectivity index (χ2n) is 5.79. The second kappa shape index (κ2) is 8.19. The topological polar surface area (TPSA) is 43.9 Å². The van der Waals surface area contributed by atoms with Gasteiger partial charge in [0, 0.05) is 50.9 Å². The zero-order chi connectivity index (χ0) is 17.7. The van der Waals surface area contributed by atoms with Crippen LogP contribution in [-0.4, -0.2) is 72.3 Å². The van der Waals surface area contributed by atoms with Crippen molar-refractivity contribution in [3.63, 3.8) is 0 Å². The molecule has 5 nitrogen and oxygen atoms in total. The van der Waals surface area contributed by atoms with Crippen LogP contribution in [0.15, 0.2) is 18.2 Å². The molecule has 1 saturated heterocycles. The Morgan fingerprint density at radius 2 is 1.54 bits per heavy atom. The maximum absolute atomic E-state index is 13.2. The lowest BCUT2D eigenvalue weighted by atomic mass is 10.1. The van der Waals surface area contributed by atoms with Gasteiger partial charge in [0.15, 0.2) is 0 Å². The van der Waals surface area contributed by atoms with E-state index >= 15 is 0 Å². The Hall–Kier alpha value is -2.02. The molecule has 1 aliphatic heterocycles. The van der Waals surface area contributed by atoms with Crippen LogP contribution in [0, 0.1) is 11.6 Å². The average molecular weight is 339 g/mol. The number of amides is 2. The molecule has 132 valence electrons. The Morgan fingerprint density at radius 3 is 2.04 bits per heavy atom. The highest BCUT2D eigenvalue weighted by Crippen LogP contribution is 2.13. The van der Waals surface area contributed by atoms with Gasteiger partial charge >= 0.3 is 0 Å². The van der Waals surface area contributed by atoms with Gasteiger partial charge < -0.3 is 9.80 Å². The van der Waals surface area contributed by atoms with Crippen LogP contribution < -0.4 is 0 Å². The van der Waals surface area contributed by atoms with Crippen LogP contribution in [-0.2, 0) is 4.79 Å². The second-order valence-corrected chi connectivity index (χ2v) is 5.79. The fraction of sp³-hybridized carbons (Fsp3) is 0.529. The van der Waals surface area contributed by atoms with E-state index in [1.165, 1.54) is 0 Å². The summed E-state index contributed by atoms with van der Waals surface area (Å²) in [5, 5.41) is 0. The van der Waals surface area contributed by atoms with Crippen LogP contribution in [0.1, 0.15) is 24.2 Å². The van der Waals surface area contributed by atoms with E-state index < -0.39 is 11.6 Å². The third-order valence-corrected chi connectivity index (χ3v) is 4.24. The van der Waals surface area contributed by atoms with Crippen molar-refractivity contribution in [2.75, 3.05) is 45.8 Å². The van der Waals surface area contributed by atoms with E-state index in [1.807, 2.05) is 18.7 Å². The van der Waals surface area contributed by atoms with Gasteiger partial charge in [-0.3, -0.25) is 14.5 Å². The Balaban J connectivity index is 1.90. The molecule has 24 heavy (non-hydrogen) atoms. The maximum Gasteiger partial charge on any atom is 0.254 e. The molecule has 0 spiro atoms. The normalized spacial score (nSPS) is 15.4. The van der Waals surface area contributed by atoms with E-state index in [2.05, 4.69) is 0 Å². The van der Waals surface area contributed by atoms with Crippen LogP contribution in [0.4, 0.5) is 8.78 Å². The number of piperazine rings is 1. The van der Waals surface area contributed by atoms with E-state index in [-0.39, 0.29) is 17.4 Å². The first-order valence-corrected chi connectivity index (χ1v) is 8.20. The van der Waals surface area contributed by atoms with E-state index in [4.69, 9.17) is 0 Å². The van der Waals surface area contributed by atoms with Gasteiger partial charge in [0.1, 0.15) is 11.6 Å². The van der Waals surface area contributed by atoms with Crippen LogP contribution in [0.2, 0.25) is 0 Å². The van der Waals surface area contributed by atoms with Gasteiger partial charge in [0.05, 0.1) is 6.54 Å². The Labute approximate surface area is 140 Å². The summed E-state index contributed by atoms with van der Waals surface area (Å²) in [6.07, 6.45) is 0. The van der Waals surface area contributed by atoms with Gasteiger partial charge in [-0.25, -0.2) is 8.78 Å². The van der Waals surface area contributed by atoms with E-state index in [9.17, 15) is 18.4 Å². The first-order chi connectivity index (χ1) is 11.4. The maximum atomic E-state index is 13.2. The molecule has 0 radical (unpaired) electrons. The number of carbonyl (C=O) groups is 2. The molecule has 0 bridgehead atoms. The summed E-state index contributed by atoms with van der Waals surface area (Å²) >= 11 is 0. The number of likely N-dealkylation sites (N-methyl/N-ethyl adjacent to an activating group) is 1. The molecule has 7 heteroatoms. The quantitative estimate of drug-likeness (QED) is 0.818. The van der Waals surface area contributed by atoms with Crippen LogP contribution >= 0.6 is 0 Å². The molecule has 1 aromatic rings. The van der Waals surface area contributed by atoms with E-state index in [0.29, 0.717) is 45.8 Å². The SMILES string of the molecule is CCN(CC)C(=O)CN1CCN(C(=O)c2cc(F)cc(F)c2)CC1. The van der Waals surface area contributed by atoms with Crippen molar-refractivity contribution in [1.29, 1.82) is 0 Å². The van der Waals surface area contributed by atoms with Gasteiger partial charge in [0.2, 0.25) is 5.91 Å². The predicted octanol–water partition coefficient (Wildman–Crippen LogP) is 1.59. The van der Waals surface area contributed by atoms with Crippen molar-refractivity contribution in [1.82, 2.24) is 14.7 Å². The van der Waals surface area contributed by atoms with Crippen LogP contribution in [0.5, 0.6) is 0 Å². The smallest absolute Gasteiger partial charge is 0.254 e. The Morgan fingerprint density at radius 1 is 1.00 bits per heavy atom. The molecule has 2 rings (SSSR count). The molecule has 1 fully saturated rings. The van der Waals surface area contributed by atoms with Crippen LogP contribution in [0.25, 0.3) is 0 Å². The van der Waals surface area contributed by atoms with Gasteiger partial charge in [-0.05, 0) is 26.0 Å². The monoisotopic (exact) mass is 339 g/mol. The summed E-state index contributed by atoms with van der Waals surface area (Å²) < 4.78 is 26.5. The zero-order valence-corrected chi connectivity index (χ0v) is 14.1. The lowest BCUT2D eigenvalue weighted by Gasteiger charge is -2.35. The average Bonchev–Trinajstić information content (AvgIpc) is 2.55. The number of nitrogens with zero attached hydrogens (tertiary/aromatic N) is 3. The third-order valence-electron chi connectivity index (χ3n) is 4.24. The zero-order valence-electron chi connectivity index (χ0n) is 14.1. The highest BCUT2D eigenvalue weighted by Gasteiger charge is 2.24. The minimum absolute atomic E-state index is 0.0140. The number of benzene rings is 1. The minimum atomic E-state index is -0.762. The molecule has 1 aliphatic rings. The van der Waals surface area contributed by atoms with Crippen molar-refractivity contribution in [3.05, 3.63) is 35.4 Å². The summed E-state index contributed by atoms with van der Waals surface area (Å²) in [7, 11) is 0. The molecule has 0 aromatic heterocycles.